The standard InChI is InChI=1S/C19H16F4N6O2/c1-3-18(6-7-24-16(18)30)17-27-26-15(31-17)11-9-29(2)28-14(11)25-10-4-5-12(13(20)8-10)19(21,22)23/h3-5,8-9H,1,6-7H2,2H3,(H,24,30)(H,25,28)/t18-/m1/s1. The van der Waals surface area contributed by atoms with Crippen LogP contribution >= 0.6 is 0 Å². The number of nitrogens with zero attached hydrogens (tertiary/aromatic N) is 4. The van der Waals surface area contributed by atoms with Crippen molar-refractivity contribution in [2.45, 2.75) is 18.0 Å². The molecular formula is C19H16F4N6O2. The Labute approximate surface area is 173 Å². The maximum absolute atomic E-state index is 13.9. The Hall–Kier alpha value is -3.70. The highest BCUT2D eigenvalue weighted by atomic mass is 19.4. The van der Waals surface area contributed by atoms with Crippen molar-refractivity contribution >= 4 is 17.4 Å². The predicted octanol–water partition coefficient (Wildman–Crippen LogP) is 3.32. The lowest BCUT2D eigenvalue weighted by molar-refractivity contribution is -0.140. The molecule has 8 nitrogen and oxygen atoms in total. The van der Waals surface area contributed by atoms with E-state index >= 15 is 0 Å². The van der Waals surface area contributed by atoms with E-state index < -0.39 is 23.0 Å². The monoisotopic (exact) mass is 436 g/mol. The van der Waals surface area contributed by atoms with Crippen molar-refractivity contribution in [3.05, 3.63) is 54.3 Å². The van der Waals surface area contributed by atoms with Gasteiger partial charge in [-0.1, -0.05) is 6.08 Å². The van der Waals surface area contributed by atoms with Gasteiger partial charge in [-0.15, -0.1) is 16.8 Å². The molecule has 3 aromatic rings. The Morgan fingerprint density at radius 2 is 2.13 bits per heavy atom. The molecule has 1 atom stereocenters. The Morgan fingerprint density at radius 3 is 2.74 bits per heavy atom. The van der Waals surface area contributed by atoms with Crippen LogP contribution in [0, 0.1) is 5.82 Å². The molecule has 2 N–H and O–H groups in total. The molecule has 1 aliphatic rings. The van der Waals surface area contributed by atoms with E-state index in [4.69, 9.17) is 4.42 Å². The Bertz CT molecular complexity index is 1170. The normalized spacial score (nSPS) is 18.8. The summed E-state index contributed by atoms with van der Waals surface area (Å²) in [5, 5.41) is 17.6. The number of carbonyl (C=O) groups is 1. The summed E-state index contributed by atoms with van der Waals surface area (Å²) in [6.07, 6.45) is -1.41. The third-order valence-electron chi connectivity index (χ3n) is 4.96. The van der Waals surface area contributed by atoms with E-state index in [2.05, 4.69) is 32.5 Å². The molecule has 0 saturated carbocycles. The third kappa shape index (κ3) is 3.53. The predicted molar refractivity (Wildman–Crippen MR) is 101 cm³/mol. The molecule has 0 radical (unpaired) electrons. The van der Waals surface area contributed by atoms with E-state index in [9.17, 15) is 22.4 Å². The van der Waals surface area contributed by atoms with E-state index in [1.165, 1.54) is 17.0 Å². The minimum atomic E-state index is -4.80. The highest BCUT2D eigenvalue weighted by Crippen LogP contribution is 2.36. The third-order valence-corrected chi connectivity index (χ3v) is 4.96. The second kappa shape index (κ2) is 7.22. The van der Waals surface area contributed by atoms with Crippen LogP contribution < -0.4 is 10.6 Å². The summed E-state index contributed by atoms with van der Waals surface area (Å²) in [5.74, 6) is -1.49. The summed E-state index contributed by atoms with van der Waals surface area (Å²) in [7, 11) is 1.61. The fourth-order valence-corrected chi connectivity index (χ4v) is 3.34. The van der Waals surface area contributed by atoms with Gasteiger partial charge >= 0.3 is 6.18 Å². The summed E-state index contributed by atoms with van der Waals surface area (Å²) < 4.78 is 59.4. The fourth-order valence-electron chi connectivity index (χ4n) is 3.34. The molecule has 12 heteroatoms. The lowest BCUT2D eigenvalue weighted by Gasteiger charge is -2.15. The number of rotatable bonds is 5. The largest absolute Gasteiger partial charge is 0.419 e. The first-order valence-electron chi connectivity index (χ1n) is 9.08. The number of aryl methyl sites for hydroxylation is 1. The molecule has 1 saturated heterocycles. The minimum Gasteiger partial charge on any atom is -0.419 e. The lowest BCUT2D eigenvalue weighted by Crippen LogP contribution is -2.33. The van der Waals surface area contributed by atoms with Crippen molar-refractivity contribution in [3.8, 4) is 11.5 Å². The molecule has 1 aromatic carbocycles. The zero-order valence-corrected chi connectivity index (χ0v) is 16.1. The Morgan fingerprint density at radius 1 is 1.35 bits per heavy atom. The number of nitrogens with one attached hydrogen (secondary N) is 2. The Balaban J connectivity index is 1.66. The van der Waals surface area contributed by atoms with Crippen molar-refractivity contribution in [2.75, 3.05) is 11.9 Å². The van der Waals surface area contributed by atoms with Crippen LogP contribution in [-0.4, -0.2) is 32.4 Å². The van der Waals surface area contributed by atoms with E-state index in [1.807, 2.05) is 0 Å². The van der Waals surface area contributed by atoms with Crippen molar-refractivity contribution in [1.29, 1.82) is 0 Å². The maximum atomic E-state index is 13.9. The van der Waals surface area contributed by atoms with Gasteiger partial charge in [0.25, 0.3) is 5.89 Å². The van der Waals surface area contributed by atoms with Crippen LogP contribution in [0.15, 0.2) is 41.5 Å². The van der Waals surface area contributed by atoms with Gasteiger partial charge in [0.15, 0.2) is 5.82 Å². The molecule has 3 heterocycles. The van der Waals surface area contributed by atoms with E-state index in [-0.39, 0.29) is 29.2 Å². The average Bonchev–Trinajstić information content (AvgIpc) is 3.39. The van der Waals surface area contributed by atoms with Crippen molar-refractivity contribution in [2.24, 2.45) is 7.05 Å². The molecule has 0 spiro atoms. The summed E-state index contributed by atoms with van der Waals surface area (Å²) in [4.78, 5) is 12.3. The molecule has 0 unspecified atom stereocenters. The number of anilines is 2. The topological polar surface area (TPSA) is 97.9 Å². The first kappa shape index (κ1) is 20.6. The van der Waals surface area contributed by atoms with Gasteiger partial charge < -0.3 is 15.1 Å². The number of amides is 1. The van der Waals surface area contributed by atoms with Gasteiger partial charge in [-0.25, -0.2) is 4.39 Å². The van der Waals surface area contributed by atoms with Gasteiger partial charge in [0.2, 0.25) is 11.8 Å². The minimum absolute atomic E-state index is 0.0268. The number of hydrogen-bond donors (Lipinski definition) is 2. The molecule has 1 aliphatic heterocycles. The number of aromatic nitrogens is 4. The van der Waals surface area contributed by atoms with Crippen LogP contribution in [0.1, 0.15) is 17.9 Å². The summed E-state index contributed by atoms with van der Waals surface area (Å²) in [6.45, 7) is 4.13. The van der Waals surface area contributed by atoms with Crippen molar-refractivity contribution in [1.82, 2.24) is 25.3 Å². The quantitative estimate of drug-likeness (QED) is 0.471. The second-order valence-corrected chi connectivity index (χ2v) is 6.98. The van der Waals surface area contributed by atoms with Gasteiger partial charge in [0.1, 0.15) is 16.8 Å². The van der Waals surface area contributed by atoms with Gasteiger partial charge in [-0.2, -0.15) is 18.3 Å². The highest BCUT2D eigenvalue weighted by molar-refractivity contribution is 5.91. The van der Waals surface area contributed by atoms with Crippen LogP contribution in [0.3, 0.4) is 0 Å². The van der Waals surface area contributed by atoms with E-state index in [1.54, 1.807) is 7.05 Å². The van der Waals surface area contributed by atoms with E-state index in [0.717, 1.165) is 12.1 Å². The van der Waals surface area contributed by atoms with Crippen LogP contribution in [-0.2, 0) is 23.4 Å². The molecule has 0 aliphatic carbocycles. The first-order chi connectivity index (χ1) is 14.6. The SMILES string of the molecule is C=C[C@@]1(c2nnc(-c3cn(C)nc3Nc3ccc(C(F)(F)F)c(F)c3)o2)CCNC1=O. The molecule has 2 aromatic heterocycles. The van der Waals surface area contributed by atoms with Crippen LogP contribution in [0.5, 0.6) is 0 Å². The molecular weight excluding hydrogens is 420 g/mol. The number of carbonyl (C=O) groups excluding carboxylic acids is 1. The van der Waals surface area contributed by atoms with Crippen molar-refractivity contribution < 1.29 is 26.8 Å². The molecule has 0 bridgehead atoms. The highest BCUT2D eigenvalue weighted by Gasteiger charge is 2.46. The maximum Gasteiger partial charge on any atom is 0.419 e. The van der Waals surface area contributed by atoms with E-state index in [0.29, 0.717) is 24.6 Å². The summed E-state index contributed by atoms with van der Waals surface area (Å²) in [5.41, 5.74) is -2.15. The molecule has 31 heavy (non-hydrogen) atoms. The number of hydrogen-bond acceptors (Lipinski definition) is 6. The zero-order chi connectivity index (χ0) is 22.4. The van der Waals surface area contributed by atoms with Crippen molar-refractivity contribution in [3.63, 3.8) is 0 Å². The second-order valence-electron chi connectivity index (χ2n) is 6.98. The molecule has 1 fully saturated rings. The molecule has 4 rings (SSSR count). The zero-order valence-electron chi connectivity index (χ0n) is 16.1. The fraction of sp³-hybridized carbons (Fsp3) is 0.263. The van der Waals surface area contributed by atoms with Crippen LogP contribution in [0.25, 0.3) is 11.5 Å². The number of halogens is 4. The average molecular weight is 436 g/mol. The van der Waals surface area contributed by atoms with Crippen LogP contribution in [0.2, 0.25) is 0 Å². The van der Waals surface area contributed by atoms with Gasteiger partial charge in [0.05, 0.1) is 5.56 Å². The van der Waals surface area contributed by atoms with Gasteiger partial charge in [-0.05, 0) is 24.6 Å². The molecule has 1 amide bonds. The molecule has 162 valence electrons. The van der Waals surface area contributed by atoms with Gasteiger partial charge in [-0.3, -0.25) is 9.48 Å². The van der Waals surface area contributed by atoms with Crippen LogP contribution in [0.4, 0.5) is 29.1 Å². The Kier molecular flexibility index (Phi) is 4.79. The summed E-state index contributed by atoms with van der Waals surface area (Å²) >= 11 is 0. The first-order valence-corrected chi connectivity index (χ1v) is 9.08. The lowest BCUT2D eigenvalue weighted by atomic mass is 9.86. The summed E-state index contributed by atoms with van der Waals surface area (Å²) in [6, 6.07) is 2.44. The number of alkyl halides is 3. The van der Waals surface area contributed by atoms with Gasteiger partial charge in [0, 0.05) is 25.5 Å². The number of benzene rings is 1. The smallest absolute Gasteiger partial charge is 0.419 e.